The van der Waals surface area contributed by atoms with Crippen molar-refractivity contribution in [3.8, 4) is 0 Å². The molecule has 0 unspecified atom stereocenters. The van der Waals surface area contributed by atoms with Crippen LogP contribution >= 0.6 is 15.9 Å². The molecule has 0 atom stereocenters. The van der Waals surface area contributed by atoms with E-state index in [0.29, 0.717) is 16.5 Å². The molecule has 1 rings (SSSR count). The Balaban J connectivity index is 3.30. The summed E-state index contributed by atoms with van der Waals surface area (Å²) in [7, 11) is 0. The van der Waals surface area contributed by atoms with Crippen LogP contribution in [0.1, 0.15) is 31.9 Å². The number of aryl methyl sites for hydroxylation is 1. The summed E-state index contributed by atoms with van der Waals surface area (Å²) < 4.78 is 13.9. The largest absolute Gasteiger partial charge is 0.386 e. The van der Waals surface area contributed by atoms with Gasteiger partial charge in [0.05, 0.1) is 10.1 Å². The minimum absolute atomic E-state index is 0.236. The molecule has 0 aliphatic rings. The average Bonchev–Trinajstić information content (AvgIpc) is 2.07. The number of benzene rings is 1. The summed E-state index contributed by atoms with van der Waals surface area (Å²) in [5.41, 5.74) is 0.416. The summed E-state index contributed by atoms with van der Waals surface area (Å²) in [4.78, 5) is 0. The standard InChI is InChI=1S/C11H14BrFO/c1-4-7-5-8(11(2,3)14)6-9(12)10(7)13/h5-6,14H,4H2,1-3H3. The Morgan fingerprint density at radius 2 is 2.00 bits per heavy atom. The van der Waals surface area contributed by atoms with Gasteiger partial charge in [-0.1, -0.05) is 6.92 Å². The lowest BCUT2D eigenvalue weighted by atomic mass is 9.96. The average molecular weight is 261 g/mol. The van der Waals surface area contributed by atoms with Gasteiger partial charge in [0, 0.05) is 0 Å². The van der Waals surface area contributed by atoms with Crippen LogP contribution in [0.2, 0.25) is 0 Å². The zero-order chi connectivity index (χ0) is 10.9. The number of rotatable bonds is 2. The van der Waals surface area contributed by atoms with Gasteiger partial charge in [-0.15, -0.1) is 0 Å². The quantitative estimate of drug-likeness (QED) is 0.865. The van der Waals surface area contributed by atoms with Crippen LogP contribution in [0, 0.1) is 5.82 Å². The van der Waals surface area contributed by atoms with E-state index < -0.39 is 5.60 Å². The van der Waals surface area contributed by atoms with E-state index in [9.17, 15) is 9.50 Å². The molecule has 0 aromatic heterocycles. The third-order valence-corrected chi connectivity index (χ3v) is 2.77. The highest BCUT2D eigenvalue weighted by Crippen LogP contribution is 2.28. The Hall–Kier alpha value is -0.410. The Labute approximate surface area is 92.1 Å². The highest BCUT2D eigenvalue weighted by Gasteiger charge is 2.19. The van der Waals surface area contributed by atoms with Crippen molar-refractivity contribution in [3.05, 3.63) is 33.5 Å². The van der Waals surface area contributed by atoms with Crippen LogP contribution in [0.25, 0.3) is 0 Å². The van der Waals surface area contributed by atoms with E-state index in [0.717, 1.165) is 5.56 Å². The third-order valence-electron chi connectivity index (χ3n) is 2.19. The lowest BCUT2D eigenvalue weighted by Gasteiger charge is -2.19. The van der Waals surface area contributed by atoms with Crippen LogP contribution in [-0.2, 0) is 12.0 Å². The van der Waals surface area contributed by atoms with Crippen LogP contribution in [0.3, 0.4) is 0 Å². The zero-order valence-corrected chi connectivity index (χ0v) is 10.2. The SMILES string of the molecule is CCc1cc(C(C)(C)O)cc(Br)c1F. The van der Waals surface area contributed by atoms with Crippen LogP contribution in [0.15, 0.2) is 16.6 Å². The molecule has 0 spiro atoms. The molecule has 14 heavy (non-hydrogen) atoms. The molecule has 1 aromatic carbocycles. The Kier molecular flexibility index (Phi) is 3.32. The third kappa shape index (κ3) is 2.34. The maximum absolute atomic E-state index is 13.4. The summed E-state index contributed by atoms with van der Waals surface area (Å²) in [5, 5.41) is 9.78. The first kappa shape index (κ1) is 11.7. The van der Waals surface area contributed by atoms with Gasteiger partial charge in [0.1, 0.15) is 5.82 Å². The van der Waals surface area contributed by atoms with Gasteiger partial charge in [-0.3, -0.25) is 0 Å². The van der Waals surface area contributed by atoms with E-state index in [2.05, 4.69) is 15.9 Å². The number of hydrogen-bond donors (Lipinski definition) is 1. The summed E-state index contributed by atoms with van der Waals surface area (Å²) in [6.07, 6.45) is 0.619. The first-order valence-electron chi connectivity index (χ1n) is 4.57. The Bertz CT molecular complexity index is 342. The van der Waals surface area contributed by atoms with Crippen LogP contribution in [0.4, 0.5) is 4.39 Å². The molecule has 78 valence electrons. The lowest BCUT2D eigenvalue weighted by molar-refractivity contribution is 0.0783. The molecule has 0 radical (unpaired) electrons. The zero-order valence-electron chi connectivity index (χ0n) is 8.56. The van der Waals surface area contributed by atoms with Crippen molar-refractivity contribution in [1.29, 1.82) is 0 Å². The monoisotopic (exact) mass is 260 g/mol. The molecule has 0 saturated heterocycles. The van der Waals surface area contributed by atoms with Gasteiger partial charge in [-0.25, -0.2) is 4.39 Å². The molecular formula is C11H14BrFO. The smallest absolute Gasteiger partial charge is 0.140 e. The predicted molar refractivity (Wildman–Crippen MR) is 58.7 cm³/mol. The van der Waals surface area contributed by atoms with E-state index in [4.69, 9.17) is 0 Å². The minimum atomic E-state index is -0.930. The maximum Gasteiger partial charge on any atom is 0.140 e. The summed E-state index contributed by atoms with van der Waals surface area (Å²) >= 11 is 3.14. The maximum atomic E-state index is 13.4. The van der Waals surface area contributed by atoms with Gasteiger partial charge < -0.3 is 5.11 Å². The van der Waals surface area contributed by atoms with Crippen molar-refractivity contribution in [2.24, 2.45) is 0 Å². The van der Waals surface area contributed by atoms with Crippen molar-refractivity contribution in [2.45, 2.75) is 32.8 Å². The van der Waals surface area contributed by atoms with E-state index in [1.54, 1.807) is 26.0 Å². The first-order valence-corrected chi connectivity index (χ1v) is 5.36. The molecule has 1 nitrogen and oxygen atoms in total. The predicted octanol–water partition coefficient (Wildman–Crippen LogP) is 3.38. The van der Waals surface area contributed by atoms with Crippen molar-refractivity contribution in [1.82, 2.24) is 0 Å². The minimum Gasteiger partial charge on any atom is -0.386 e. The van der Waals surface area contributed by atoms with Crippen molar-refractivity contribution >= 4 is 15.9 Å². The molecule has 0 saturated carbocycles. The molecule has 0 heterocycles. The van der Waals surface area contributed by atoms with E-state index >= 15 is 0 Å². The van der Waals surface area contributed by atoms with Gasteiger partial charge >= 0.3 is 0 Å². The summed E-state index contributed by atoms with van der Waals surface area (Å²) in [5.74, 6) is -0.236. The molecular weight excluding hydrogens is 247 g/mol. The molecule has 0 bridgehead atoms. The molecule has 1 N–H and O–H groups in total. The second-order valence-electron chi connectivity index (χ2n) is 3.84. The van der Waals surface area contributed by atoms with Gasteiger partial charge in [0.25, 0.3) is 0 Å². The molecule has 1 aromatic rings. The summed E-state index contributed by atoms with van der Waals surface area (Å²) in [6, 6.07) is 3.33. The lowest BCUT2D eigenvalue weighted by Crippen LogP contribution is -2.16. The number of halogens is 2. The van der Waals surface area contributed by atoms with E-state index in [1.807, 2.05) is 6.92 Å². The number of hydrogen-bond acceptors (Lipinski definition) is 1. The van der Waals surface area contributed by atoms with Crippen molar-refractivity contribution in [3.63, 3.8) is 0 Å². The van der Waals surface area contributed by atoms with Crippen LogP contribution in [0.5, 0.6) is 0 Å². The Morgan fingerprint density at radius 1 is 1.43 bits per heavy atom. The van der Waals surface area contributed by atoms with Gasteiger partial charge in [-0.2, -0.15) is 0 Å². The molecule has 0 aliphatic carbocycles. The fourth-order valence-electron chi connectivity index (χ4n) is 1.26. The van der Waals surface area contributed by atoms with Gasteiger partial charge in [0.2, 0.25) is 0 Å². The molecule has 0 amide bonds. The van der Waals surface area contributed by atoms with Crippen LogP contribution in [-0.4, -0.2) is 5.11 Å². The fraction of sp³-hybridized carbons (Fsp3) is 0.455. The fourth-order valence-corrected chi connectivity index (χ4v) is 1.76. The highest BCUT2D eigenvalue weighted by molar-refractivity contribution is 9.10. The second-order valence-corrected chi connectivity index (χ2v) is 4.70. The second kappa shape index (κ2) is 3.99. The van der Waals surface area contributed by atoms with E-state index in [-0.39, 0.29) is 5.82 Å². The molecule has 0 aliphatic heterocycles. The van der Waals surface area contributed by atoms with Crippen molar-refractivity contribution < 1.29 is 9.50 Å². The van der Waals surface area contributed by atoms with Gasteiger partial charge in [0.15, 0.2) is 0 Å². The Morgan fingerprint density at radius 3 is 2.43 bits per heavy atom. The molecule has 3 heteroatoms. The highest BCUT2D eigenvalue weighted by atomic mass is 79.9. The normalized spacial score (nSPS) is 11.9. The first-order chi connectivity index (χ1) is 6.36. The van der Waals surface area contributed by atoms with Gasteiger partial charge in [-0.05, 0) is 59.5 Å². The van der Waals surface area contributed by atoms with Crippen LogP contribution < -0.4 is 0 Å². The molecule has 0 fully saturated rings. The topological polar surface area (TPSA) is 20.2 Å². The van der Waals surface area contributed by atoms with E-state index in [1.165, 1.54) is 0 Å². The van der Waals surface area contributed by atoms with Crippen molar-refractivity contribution in [2.75, 3.05) is 0 Å². The number of aliphatic hydroxyl groups is 1. The summed E-state index contributed by atoms with van der Waals surface area (Å²) in [6.45, 7) is 5.26.